The second kappa shape index (κ2) is 5.88. The second-order valence-corrected chi connectivity index (χ2v) is 4.46. The maximum absolute atomic E-state index is 13.5. The minimum Gasteiger partial charge on any atom is -0.494 e. The van der Waals surface area contributed by atoms with Crippen molar-refractivity contribution in [3.63, 3.8) is 0 Å². The third-order valence-corrected chi connectivity index (χ3v) is 2.92. The standard InChI is InChI=1S/C14H12ClFN2O2/c1-8-11(4-6-13(15)17-8)18-14(19)9-3-5-12(20-2)10(16)7-9/h3-7H,1-2H3,(H,18,19). The lowest BCUT2D eigenvalue weighted by Crippen LogP contribution is -2.13. The lowest BCUT2D eigenvalue weighted by Gasteiger charge is -2.09. The molecule has 0 radical (unpaired) electrons. The Kier molecular flexibility index (Phi) is 4.20. The molecule has 6 heteroatoms. The van der Waals surface area contributed by atoms with Crippen LogP contribution in [0.2, 0.25) is 5.15 Å². The van der Waals surface area contributed by atoms with Gasteiger partial charge in [-0.25, -0.2) is 9.37 Å². The number of benzene rings is 1. The average molecular weight is 295 g/mol. The van der Waals surface area contributed by atoms with Crippen LogP contribution in [0.25, 0.3) is 0 Å². The Bertz CT molecular complexity index is 662. The quantitative estimate of drug-likeness (QED) is 0.882. The molecule has 1 aromatic heterocycles. The molecular formula is C14H12ClFN2O2. The summed E-state index contributed by atoms with van der Waals surface area (Å²) in [6.45, 7) is 1.72. The zero-order valence-corrected chi connectivity index (χ0v) is 11.7. The molecule has 0 saturated carbocycles. The highest BCUT2D eigenvalue weighted by Gasteiger charge is 2.11. The number of nitrogens with one attached hydrogen (secondary N) is 1. The molecule has 4 nitrogen and oxygen atoms in total. The highest BCUT2D eigenvalue weighted by atomic mass is 35.5. The van der Waals surface area contributed by atoms with E-state index in [1.807, 2.05) is 0 Å². The first-order valence-electron chi connectivity index (χ1n) is 5.79. The lowest BCUT2D eigenvalue weighted by atomic mass is 10.2. The van der Waals surface area contributed by atoms with Gasteiger partial charge in [0.25, 0.3) is 5.91 Å². The number of carbonyl (C=O) groups excluding carboxylic acids is 1. The summed E-state index contributed by atoms with van der Waals surface area (Å²) < 4.78 is 18.3. The molecule has 0 atom stereocenters. The summed E-state index contributed by atoms with van der Waals surface area (Å²) in [5, 5.41) is 2.99. The molecule has 0 aliphatic heterocycles. The molecule has 1 N–H and O–H groups in total. The van der Waals surface area contributed by atoms with Crippen LogP contribution in [0.15, 0.2) is 30.3 Å². The SMILES string of the molecule is COc1ccc(C(=O)Nc2ccc(Cl)nc2C)cc1F. The van der Waals surface area contributed by atoms with Gasteiger partial charge in [0.2, 0.25) is 0 Å². The van der Waals surface area contributed by atoms with E-state index in [0.717, 1.165) is 6.07 Å². The Morgan fingerprint density at radius 1 is 1.35 bits per heavy atom. The van der Waals surface area contributed by atoms with E-state index in [0.29, 0.717) is 16.5 Å². The van der Waals surface area contributed by atoms with Crippen molar-refractivity contribution < 1.29 is 13.9 Å². The summed E-state index contributed by atoms with van der Waals surface area (Å²) in [5.74, 6) is -0.934. The van der Waals surface area contributed by atoms with Crippen LogP contribution in [0.5, 0.6) is 5.75 Å². The van der Waals surface area contributed by atoms with Gasteiger partial charge in [-0.1, -0.05) is 11.6 Å². The van der Waals surface area contributed by atoms with E-state index in [1.165, 1.54) is 19.2 Å². The number of hydrogen-bond acceptors (Lipinski definition) is 3. The van der Waals surface area contributed by atoms with E-state index in [9.17, 15) is 9.18 Å². The predicted octanol–water partition coefficient (Wildman–Crippen LogP) is 3.44. The Labute approximate surface area is 120 Å². The van der Waals surface area contributed by atoms with Crippen LogP contribution in [0.4, 0.5) is 10.1 Å². The average Bonchev–Trinajstić information content (AvgIpc) is 2.41. The normalized spacial score (nSPS) is 10.2. The van der Waals surface area contributed by atoms with Gasteiger partial charge >= 0.3 is 0 Å². The summed E-state index contributed by atoms with van der Waals surface area (Å²) in [6.07, 6.45) is 0. The molecule has 0 aliphatic rings. The number of nitrogens with zero attached hydrogens (tertiary/aromatic N) is 1. The minimum absolute atomic E-state index is 0.0888. The summed E-state index contributed by atoms with van der Waals surface area (Å²) in [4.78, 5) is 16.0. The van der Waals surface area contributed by atoms with E-state index in [1.54, 1.807) is 19.1 Å². The Balaban J connectivity index is 2.21. The lowest BCUT2D eigenvalue weighted by molar-refractivity contribution is 0.102. The third-order valence-electron chi connectivity index (χ3n) is 2.71. The molecule has 0 fully saturated rings. The summed E-state index contributed by atoms with van der Waals surface area (Å²) >= 11 is 5.74. The fourth-order valence-electron chi connectivity index (χ4n) is 1.66. The molecule has 1 heterocycles. The van der Waals surface area contributed by atoms with E-state index in [2.05, 4.69) is 10.3 Å². The zero-order chi connectivity index (χ0) is 14.7. The number of methoxy groups -OCH3 is 1. The van der Waals surface area contributed by atoms with Crippen molar-refractivity contribution in [3.8, 4) is 5.75 Å². The summed E-state index contributed by atoms with van der Waals surface area (Å²) in [7, 11) is 1.36. The first-order chi connectivity index (χ1) is 9.51. The van der Waals surface area contributed by atoms with Crippen molar-refractivity contribution in [3.05, 3.63) is 52.6 Å². The number of amides is 1. The minimum atomic E-state index is -0.592. The van der Waals surface area contributed by atoms with E-state index >= 15 is 0 Å². The van der Waals surface area contributed by atoms with Gasteiger partial charge in [-0.3, -0.25) is 4.79 Å². The fraction of sp³-hybridized carbons (Fsp3) is 0.143. The number of anilines is 1. The van der Waals surface area contributed by atoms with Gasteiger partial charge in [0.15, 0.2) is 11.6 Å². The molecule has 104 valence electrons. The Hall–Kier alpha value is -2.14. The first-order valence-corrected chi connectivity index (χ1v) is 6.17. The molecule has 0 bridgehead atoms. The molecule has 0 spiro atoms. The number of ether oxygens (including phenoxy) is 1. The van der Waals surface area contributed by atoms with Gasteiger partial charge in [0, 0.05) is 5.56 Å². The van der Waals surface area contributed by atoms with Gasteiger partial charge in [-0.05, 0) is 37.3 Å². The van der Waals surface area contributed by atoms with Gasteiger partial charge in [-0.15, -0.1) is 0 Å². The Morgan fingerprint density at radius 3 is 2.70 bits per heavy atom. The number of halogens is 2. The number of aromatic nitrogens is 1. The van der Waals surface area contributed by atoms with Gasteiger partial charge in [-0.2, -0.15) is 0 Å². The fourth-order valence-corrected chi connectivity index (χ4v) is 1.85. The molecule has 1 aromatic carbocycles. The Morgan fingerprint density at radius 2 is 2.10 bits per heavy atom. The molecule has 2 aromatic rings. The molecule has 2 rings (SSSR count). The number of rotatable bonds is 3. The predicted molar refractivity (Wildman–Crippen MR) is 74.9 cm³/mol. The molecule has 0 unspecified atom stereocenters. The monoisotopic (exact) mass is 294 g/mol. The third kappa shape index (κ3) is 3.05. The molecule has 0 saturated heterocycles. The van der Waals surface area contributed by atoms with Crippen molar-refractivity contribution in [1.82, 2.24) is 4.98 Å². The molecule has 1 amide bonds. The smallest absolute Gasteiger partial charge is 0.255 e. The number of pyridine rings is 1. The summed E-state index contributed by atoms with van der Waals surface area (Å²) in [6, 6.07) is 7.21. The van der Waals surface area contributed by atoms with Crippen LogP contribution < -0.4 is 10.1 Å². The van der Waals surface area contributed by atoms with Crippen LogP contribution in [0, 0.1) is 12.7 Å². The topological polar surface area (TPSA) is 51.2 Å². The maximum Gasteiger partial charge on any atom is 0.255 e. The van der Waals surface area contributed by atoms with E-state index in [4.69, 9.17) is 16.3 Å². The maximum atomic E-state index is 13.5. The van der Waals surface area contributed by atoms with E-state index in [-0.39, 0.29) is 11.3 Å². The summed E-state index contributed by atoms with van der Waals surface area (Å²) in [5.41, 5.74) is 1.30. The van der Waals surface area contributed by atoms with Crippen molar-refractivity contribution in [1.29, 1.82) is 0 Å². The number of aryl methyl sites for hydroxylation is 1. The van der Waals surface area contributed by atoms with Crippen LogP contribution in [0.1, 0.15) is 16.1 Å². The molecule has 0 aliphatic carbocycles. The van der Waals surface area contributed by atoms with Crippen molar-refractivity contribution in [2.45, 2.75) is 6.92 Å². The van der Waals surface area contributed by atoms with Crippen molar-refractivity contribution in [2.24, 2.45) is 0 Å². The van der Waals surface area contributed by atoms with Gasteiger partial charge in [0.05, 0.1) is 18.5 Å². The van der Waals surface area contributed by atoms with Crippen LogP contribution in [-0.2, 0) is 0 Å². The highest BCUT2D eigenvalue weighted by Crippen LogP contribution is 2.20. The van der Waals surface area contributed by atoms with Crippen LogP contribution in [-0.4, -0.2) is 18.0 Å². The van der Waals surface area contributed by atoms with E-state index < -0.39 is 11.7 Å². The van der Waals surface area contributed by atoms with Crippen molar-refractivity contribution >= 4 is 23.2 Å². The molecular weight excluding hydrogens is 283 g/mol. The highest BCUT2D eigenvalue weighted by molar-refractivity contribution is 6.29. The van der Waals surface area contributed by atoms with Gasteiger partial charge in [0.1, 0.15) is 5.15 Å². The second-order valence-electron chi connectivity index (χ2n) is 4.07. The van der Waals surface area contributed by atoms with Crippen molar-refractivity contribution in [2.75, 3.05) is 12.4 Å². The van der Waals surface area contributed by atoms with Crippen LogP contribution in [0.3, 0.4) is 0 Å². The largest absolute Gasteiger partial charge is 0.494 e. The number of carbonyl (C=O) groups is 1. The first kappa shape index (κ1) is 14.3. The molecule has 20 heavy (non-hydrogen) atoms. The van der Waals surface area contributed by atoms with Crippen LogP contribution >= 0.6 is 11.6 Å². The zero-order valence-electron chi connectivity index (χ0n) is 10.9. The number of hydrogen-bond donors (Lipinski definition) is 1. The van der Waals surface area contributed by atoms with Gasteiger partial charge < -0.3 is 10.1 Å².